The van der Waals surface area contributed by atoms with Crippen LogP contribution in [0.2, 0.25) is 0 Å². The number of rotatable bonds is 6. The Labute approximate surface area is 150 Å². The Kier molecular flexibility index (Phi) is 5.29. The van der Waals surface area contributed by atoms with Gasteiger partial charge in [-0.15, -0.1) is 21.5 Å². The highest BCUT2D eigenvalue weighted by molar-refractivity contribution is 7.99. The molecule has 130 valence electrons. The molecule has 3 aromatic rings. The molecule has 0 aliphatic heterocycles. The second-order valence-corrected chi connectivity index (χ2v) is 7.25. The van der Waals surface area contributed by atoms with Crippen molar-refractivity contribution in [3.05, 3.63) is 45.5 Å². The van der Waals surface area contributed by atoms with Crippen LogP contribution in [-0.2, 0) is 16.0 Å². The fourth-order valence-electron chi connectivity index (χ4n) is 1.97. The van der Waals surface area contributed by atoms with Crippen LogP contribution >= 0.6 is 23.1 Å². The molecule has 0 spiro atoms. The van der Waals surface area contributed by atoms with Crippen molar-refractivity contribution in [1.82, 2.24) is 20.2 Å². The van der Waals surface area contributed by atoms with Crippen LogP contribution in [0.3, 0.4) is 0 Å². The van der Waals surface area contributed by atoms with E-state index in [1.807, 2.05) is 24.4 Å². The Bertz CT molecular complexity index is 920. The number of carbonyl (C=O) groups is 1. The fourth-order valence-corrected chi connectivity index (χ4v) is 3.47. The molecule has 0 saturated heterocycles. The van der Waals surface area contributed by atoms with Gasteiger partial charge in [-0.1, -0.05) is 17.8 Å². The SMILES string of the molecule is COC(=O)Cc1cc(=O)[nH]c(S[C@@H](C)c2nnc(-c3cccs3)o2)n1. The summed E-state index contributed by atoms with van der Waals surface area (Å²) in [7, 11) is 1.29. The zero-order valence-electron chi connectivity index (χ0n) is 13.4. The lowest BCUT2D eigenvalue weighted by Crippen LogP contribution is -2.14. The number of carbonyl (C=O) groups excluding carboxylic acids is 1. The minimum Gasteiger partial charge on any atom is -0.469 e. The molecular weight excluding hydrogens is 364 g/mol. The summed E-state index contributed by atoms with van der Waals surface area (Å²) < 4.78 is 10.3. The molecule has 0 aromatic carbocycles. The topological polar surface area (TPSA) is 111 Å². The molecule has 1 N–H and O–H groups in total. The minimum atomic E-state index is -0.459. The number of aromatic amines is 1. The van der Waals surface area contributed by atoms with Crippen molar-refractivity contribution in [3.8, 4) is 10.8 Å². The van der Waals surface area contributed by atoms with Crippen molar-refractivity contribution in [2.75, 3.05) is 7.11 Å². The molecule has 0 unspecified atom stereocenters. The van der Waals surface area contributed by atoms with E-state index in [9.17, 15) is 9.59 Å². The van der Waals surface area contributed by atoms with Crippen molar-refractivity contribution in [3.63, 3.8) is 0 Å². The number of hydrogen-bond donors (Lipinski definition) is 1. The predicted molar refractivity (Wildman–Crippen MR) is 92.5 cm³/mol. The van der Waals surface area contributed by atoms with Gasteiger partial charge in [0.2, 0.25) is 5.89 Å². The second kappa shape index (κ2) is 7.62. The summed E-state index contributed by atoms with van der Waals surface area (Å²) >= 11 is 2.77. The number of methoxy groups -OCH3 is 1. The smallest absolute Gasteiger partial charge is 0.311 e. The monoisotopic (exact) mass is 378 g/mol. The van der Waals surface area contributed by atoms with E-state index in [-0.39, 0.29) is 17.2 Å². The van der Waals surface area contributed by atoms with Crippen LogP contribution < -0.4 is 5.56 Å². The van der Waals surface area contributed by atoms with Crippen molar-refractivity contribution in [2.45, 2.75) is 23.8 Å². The van der Waals surface area contributed by atoms with E-state index in [0.717, 1.165) is 4.88 Å². The third kappa shape index (κ3) is 4.34. The van der Waals surface area contributed by atoms with Gasteiger partial charge in [0.05, 0.1) is 29.4 Å². The highest BCUT2D eigenvalue weighted by Crippen LogP contribution is 2.33. The summed E-state index contributed by atoms with van der Waals surface area (Å²) in [5.74, 6) is 0.423. The van der Waals surface area contributed by atoms with Crippen molar-refractivity contribution < 1.29 is 13.9 Å². The Balaban J connectivity index is 1.75. The number of hydrogen-bond acceptors (Lipinski definition) is 9. The molecule has 3 aromatic heterocycles. The summed E-state index contributed by atoms with van der Waals surface area (Å²) in [6.45, 7) is 1.86. The van der Waals surface area contributed by atoms with Crippen LogP contribution in [0.1, 0.15) is 23.8 Å². The molecule has 0 radical (unpaired) electrons. The molecule has 10 heteroatoms. The van der Waals surface area contributed by atoms with E-state index < -0.39 is 5.97 Å². The number of H-pyrrole nitrogens is 1. The summed E-state index contributed by atoms with van der Waals surface area (Å²) in [6, 6.07) is 5.08. The maximum atomic E-state index is 11.7. The van der Waals surface area contributed by atoms with Crippen LogP contribution in [0, 0.1) is 0 Å². The van der Waals surface area contributed by atoms with E-state index in [0.29, 0.717) is 22.6 Å². The fraction of sp³-hybridized carbons (Fsp3) is 0.267. The van der Waals surface area contributed by atoms with Gasteiger partial charge in [-0.05, 0) is 18.4 Å². The van der Waals surface area contributed by atoms with Gasteiger partial charge in [-0.25, -0.2) is 4.98 Å². The van der Waals surface area contributed by atoms with E-state index in [2.05, 4.69) is 24.9 Å². The van der Waals surface area contributed by atoms with Gasteiger partial charge in [-0.3, -0.25) is 9.59 Å². The van der Waals surface area contributed by atoms with E-state index in [4.69, 9.17) is 4.42 Å². The molecule has 0 saturated carbocycles. The number of thiophene rings is 1. The van der Waals surface area contributed by atoms with E-state index in [1.54, 1.807) is 0 Å². The molecule has 3 rings (SSSR count). The molecule has 3 heterocycles. The van der Waals surface area contributed by atoms with E-state index >= 15 is 0 Å². The predicted octanol–water partition coefficient (Wildman–Crippen LogP) is 2.45. The van der Waals surface area contributed by atoms with Crippen LogP contribution in [0.5, 0.6) is 0 Å². The Morgan fingerprint density at radius 2 is 2.32 bits per heavy atom. The lowest BCUT2D eigenvalue weighted by atomic mass is 10.3. The molecule has 1 atom stereocenters. The molecule has 0 bridgehead atoms. The molecule has 0 aliphatic carbocycles. The standard InChI is InChI=1S/C15H14N4O4S2/c1-8(13-18-19-14(23-13)10-4-3-5-24-10)25-15-16-9(6-11(20)17-15)7-12(21)22-2/h3-6,8H,7H2,1-2H3,(H,16,17,20)/t8-/m0/s1. The normalized spacial score (nSPS) is 12.1. The summed E-state index contributed by atoms with van der Waals surface area (Å²) in [6.07, 6.45) is -0.0640. The number of esters is 1. The lowest BCUT2D eigenvalue weighted by Gasteiger charge is -2.07. The average Bonchev–Trinajstić information content (AvgIpc) is 3.25. The maximum absolute atomic E-state index is 11.7. The van der Waals surface area contributed by atoms with Crippen molar-refractivity contribution in [2.24, 2.45) is 0 Å². The van der Waals surface area contributed by atoms with Gasteiger partial charge >= 0.3 is 5.97 Å². The number of aromatic nitrogens is 4. The third-order valence-electron chi connectivity index (χ3n) is 3.13. The van der Waals surface area contributed by atoms with E-state index in [1.165, 1.54) is 36.3 Å². The first-order valence-corrected chi connectivity index (χ1v) is 9.02. The van der Waals surface area contributed by atoms with Gasteiger partial charge in [-0.2, -0.15) is 0 Å². The first kappa shape index (κ1) is 17.4. The zero-order chi connectivity index (χ0) is 17.8. The molecule has 8 nitrogen and oxygen atoms in total. The average molecular weight is 378 g/mol. The summed E-state index contributed by atoms with van der Waals surface area (Å²) in [5.41, 5.74) is 0.00325. The molecule has 0 aliphatic rings. The zero-order valence-corrected chi connectivity index (χ0v) is 15.0. The molecule has 0 amide bonds. The van der Waals surface area contributed by atoms with Crippen LogP contribution in [0.25, 0.3) is 10.8 Å². The number of nitrogens with zero attached hydrogens (tertiary/aromatic N) is 3. The number of ether oxygens (including phenoxy) is 1. The van der Waals surface area contributed by atoms with Crippen LogP contribution in [0.4, 0.5) is 0 Å². The number of thioether (sulfide) groups is 1. The summed E-state index contributed by atoms with van der Waals surface area (Å²) in [4.78, 5) is 30.9. The Morgan fingerprint density at radius 3 is 3.04 bits per heavy atom. The minimum absolute atomic E-state index is 0.0640. The van der Waals surface area contributed by atoms with Gasteiger partial charge in [0.1, 0.15) is 0 Å². The number of nitrogens with one attached hydrogen (secondary N) is 1. The van der Waals surface area contributed by atoms with Gasteiger partial charge in [0.15, 0.2) is 5.16 Å². The van der Waals surface area contributed by atoms with Crippen molar-refractivity contribution >= 4 is 29.1 Å². The molecule has 25 heavy (non-hydrogen) atoms. The highest BCUT2D eigenvalue weighted by Gasteiger charge is 2.18. The second-order valence-electron chi connectivity index (χ2n) is 4.98. The quantitative estimate of drug-likeness (QED) is 0.395. The molecular formula is C15H14N4O4S2. The largest absolute Gasteiger partial charge is 0.469 e. The van der Waals surface area contributed by atoms with Crippen LogP contribution in [-0.4, -0.2) is 33.2 Å². The third-order valence-corrected chi connectivity index (χ3v) is 4.96. The Hall–Kier alpha value is -2.46. The summed E-state index contributed by atoms with van der Waals surface area (Å²) in [5, 5.41) is 10.2. The first-order chi connectivity index (χ1) is 12.0. The van der Waals surface area contributed by atoms with Gasteiger partial charge in [0, 0.05) is 6.07 Å². The lowest BCUT2D eigenvalue weighted by molar-refractivity contribution is -0.139. The Morgan fingerprint density at radius 1 is 1.48 bits per heavy atom. The molecule has 0 fully saturated rings. The first-order valence-electron chi connectivity index (χ1n) is 7.26. The highest BCUT2D eigenvalue weighted by atomic mass is 32.2. The van der Waals surface area contributed by atoms with Gasteiger partial charge in [0.25, 0.3) is 11.4 Å². The van der Waals surface area contributed by atoms with Crippen molar-refractivity contribution in [1.29, 1.82) is 0 Å². The maximum Gasteiger partial charge on any atom is 0.311 e. The van der Waals surface area contributed by atoms with Crippen LogP contribution in [0.15, 0.2) is 37.9 Å². The van der Waals surface area contributed by atoms with Gasteiger partial charge < -0.3 is 14.1 Å².